The van der Waals surface area contributed by atoms with Gasteiger partial charge in [0, 0.05) is 23.6 Å². The molecule has 20 heavy (non-hydrogen) atoms. The van der Waals surface area contributed by atoms with Gasteiger partial charge in [-0.3, -0.25) is 9.59 Å². The number of methoxy groups -OCH3 is 1. The van der Waals surface area contributed by atoms with E-state index in [0.29, 0.717) is 30.2 Å². The normalized spacial score (nSPS) is 10.1. The van der Waals surface area contributed by atoms with Gasteiger partial charge in [-0.2, -0.15) is 0 Å². The molecule has 1 rings (SSSR count). The quantitative estimate of drug-likeness (QED) is 0.722. The van der Waals surface area contributed by atoms with E-state index in [9.17, 15) is 9.59 Å². The molecule has 6 heteroatoms. The molecule has 0 unspecified atom stereocenters. The lowest BCUT2D eigenvalue weighted by atomic mass is 10.1. The van der Waals surface area contributed by atoms with E-state index in [0.717, 1.165) is 5.56 Å². The first kappa shape index (κ1) is 16.3. The van der Waals surface area contributed by atoms with Gasteiger partial charge in [0.2, 0.25) is 5.91 Å². The maximum atomic E-state index is 11.8. The van der Waals surface area contributed by atoms with E-state index in [1.54, 1.807) is 18.2 Å². The molecule has 0 bridgehead atoms. The average Bonchev–Trinajstić information content (AvgIpc) is 2.38. The molecule has 0 aromatic heterocycles. The zero-order valence-electron chi connectivity index (χ0n) is 11.3. The van der Waals surface area contributed by atoms with E-state index >= 15 is 0 Å². The van der Waals surface area contributed by atoms with Gasteiger partial charge in [-0.15, -0.1) is 0 Å². The number of hydrogen-bond donors (Lipinski definition) is 2. The fourth-order valence-electron chi connectivity index (χ4n) is 1.75. The Morgan fingerprint density at radius 1 is 1.35 bits per heavy atom. The number of aliphatic carboxylic acids is 1. The lowest BCUT2D eigenvalue weighted by Crippen LogP contribution is -2.26. The van der Waals surface area contributed by atoms with E-state index < -0.39 is 5.97 Å². The van der Waals surface area contributed by atoms with E-state index in [-0.39, 0.29) is 18.7 Å². The first-order valence-corrected chi connectivity index (χ1v) is 6.71. The zero-order chi connectivity index (χ0) is 15.0. The molecular formula is C14H18ClNO4. The van der Waals surface area contributed by atoms with Crippen LogP contribution >= 0.6 is 11.6 Å². The van der Waals surface area contributed by atoms with Crippen LogP contribution in [0, 0.1) is 0 Å². The largest absolute Gasteiger partial charge is 0.496 e. The van der Waals surface area contributed by atoms with Gasteiger partial charge in [0.1, 0.15) is 5.75 Å². The lowest BCUT2D eigenvalue weighted by Gasteiger charge is -2.09. The summed E-state index contributed by atoms with van der Waals surface area (Å²) >= 11 is 5.89. The zero-order valence-corrected chi connectivity index (χ0v) is 12.1. The molecule has 0 radical (unpaired) electrons. The fraction of sp³-hybridized carbons (Fsp3) is 0.429. The molecule has 0 saturated heterocycles. The Bertz CT molecular complexity index is 476. The minimum absolute atomic E-state index is 0.123. The van der Waals surface area contributed by atoms with Gasteiger partial charge in [0.15, 0.2) is 0 Å². The molecule has 1 aromatic carbocycles. The highest BCUT2D eigenvalue weighted by molar-refractivity contribution is 6.30. The number of carboxylic acid groups (broad SMARTS) is 1. The number of benzene rings is 1. The number of ether oxygens (including phenoxy) is 1. The molecule has 1 amide bonds. The fourth-order valence-corrected chi connectivity index (χ4v) is 1.94. The Morgan fingerprint density at radius 3 is 2.75 bits per heavy atom. The summed E-state index contributed by atoms with van der Waals surface area (Å²) in [5, 5.41) is 11.8. The minimum Gasteiger partial charge on any atom is -0.496 e. The van der Waals surface area contributed by atoms with Crippen molar-refractivity contribution in [1.82, 2.24) is 5.32 Å². The molecule has 0 fully saturated rings. The van der Waals surface area contributed by atoms with E-state index in [1.807, 2.05) is 0 Å². The number of unbranched alkanes of at least 4 members (excludes halogenated alkanes) is 1. The topological polar surface area (TPSA) is 75.6 Å². The van der Waals surface area contributed by atoms with Crippen LogP contribution < -0.4 is 10.1 Å². The summed E-state index contributed by atoms with van der Waals surface area (Å²) in [6, 6.07) is 5.12. The van der Waals surface area contributed by atoms with Gasteiger partial charge >= 0.3 is 5.97 Å². The standard InChI is InChI=1S/C14H18ClNO4/c1-20-12-6-5-11(15)8-10(12)9-13(17)16-7-3-2-4-14(18)19/h5-6,8H,2-4,7,9H2,1H3,(H,16,17)(H,18,19). The van der Waals surface area contributed by atoms with Crippen molar-refractivity contribution in [1.29, 1.82) is 0 Å². The van der Waals surface area contributed by atoms with Crippen LogP contribution in [-0.2, 0) is 16.0 Å². The lowest BCUT2D eigenvalue weighted by molar-refractivity contribution is -0.137. The van der Waals surface area contributed by atoms with Gasteiger partial charge < -0.3 is 15.2 Å². The highest BCUT2D eigenvalue weighted by Gasteiger charge is 2.09. The van der Waals surface area contributed by atoms with Gasteiger partial charge in [-0.05, 0) is 31.0 Å². The maximum Gasteiger partial charge on any atom is 0.303 e. The number of nitrogens with one attached hydrogen (secondary N) is 1. The molecule has 1 aromatic rings. The van der Waals surface area contributed by atoms with Crippen LogP contribution in [0.2, 0.25) is 5.02 Å². The first-order valence-electron chi connectivity index (χ1n) is 6.34. The van der Waals surface area contributed by atoms with Gasteiger partial charge in [0.05, 0.1) is 13.5 Å². The number of halogens is 1. The highest BCUT2D eigenvalue weighted by atomic mass is 35.5. The van der Waals surface area contributed by atoms with Crippen molar-refractivity contribution in [3.8, 4) is 5.75 Å². The second-order valence-electron chi connectivity index (χ2n) is 4.33. The average molecular weight is 300 g/mol. The summed E-state index contributed by atoms with van der Waals surface area (Å²) in [5.41, 5.74) is 0.725. The first-order chi connectivity index (χ1) is 9.52. The third-order valence-electron chi connectivity index (χ3n) is 2.73. The van der Waals surface area contributed by atoms with Crippen molar-refractivity contribution in [2.24, 2.45) is 0 Å². The van der Waals surface area contributed by atoms with Crippen LogP contribution in [0.25, 0.3) is 0 Å². The number of hydrogen-bond acceptors (Lipinski definition) is 3. The van der Waals surface area contributed by atoms with Crippen molar-refractivity contribution in [3.05, 3.63) is 28.8 Å². The molecule has 0 aliphatic rings. The molecule has 0 aliphatic carbocycles. The second-order valence-corrected chi connectivity index (χ2v) is 4.77. The van der Waals surface area contributed by atoms with Crippen LogP contribution in [0.15, 0.2) is 18.2 Å². The van der Waals surface area contributed by atoms with Crippen LogP contribution in [0.3, 0.4) is 0 Å². The third-order valence-corrected chi connectivity index (χ3v) is 2.97. The SMILES string of the molecule is COc1ccc(Cl)cc1CC(=O)NCCCCC(=O)O. The Labute approximate surface area is 122 Å². The minimum atomic E-state index is -0.819. The summed E-state index contributed by atoms with van der Waals surface area (Å²) < 4.78 is 5.17. The van der Waals surface area contributed by atoms with Crippen LogP contribution in [-0.4, -0.2) is 30.6 Å². The van der Waals surface area contributed by atoms with Crippen molar-refractivity contribution in [2.75, 3.05) is 13.7 Å². The summed E-state index contributed by atoms with van der Waals surface area (Å²) in [4.78, 5) is 22.1. The Morgan fingerprint density at radius 2 is 2.10 bits per heavy atom. The number of carboxylic acids is 1. The molecular weight excluding hydrogens is 282 g/mol. The van der Waals surface area contributed by atoms with Gasteiger partial charge in [-0.25, -0.2) is 0 Å². The Balaban J connectivity index is 2.38. The van der Waals surface area contributed by atoms with Crippen LogP contribution in [0.5, 0.6) is 5.75 Å². The molecule has 0 aliphatic heterocycles. The van der Waals surface area contributed by atoms with Gasteiger partial charge in [-0.1, -0.05) is 11.6 Å². The molecule has 0 spiro atoms. The number of amides is 1. The third kappa shape index (κ3) is 5.93. The van der Waals surface area contributed by atoms with Crippen LogP contribution in [0.4, 0.5) is 0 Å². The summed E-state index contributed by atoms with van der Waals surface area (Å²) in [7, 11) is 1.54. The number of carbonyl (C=O) groups is 2. The number of rotatable bonds is 8. The Hall–Kier alpha value is -1.75. The van der Waals surface area contributed by atoms with Crippen molar-refractivity contribution >= 4 is 23.5 Å². The molecule has 0 atom stereocenters. The summed E-state index contributed by atoms with van der Waals surface area (Å²) in [5.74, 6) is -0.337. The highest BCUT2D eigenvalue weighted by Crippen LogP contribution is 2.22. The van der Waals surface area contributed by atoms with Gasteiger partial charge in [0.25, 0.3) is 0 Å². The van der Waals surface area contributed by atoms with Crippen molar-refractivity contribution < 1.29 is 19.4 Å². The molecule has 5 nitrogen and oxygen atoms in total. The van der Waals surface area contributed by atoms with E-state index in [1.165, 1.54) is 7.11 Å². The second kappa shape index (κ2) is 8.43. The van der Waals surface area contributed by atoms with E-state index in [4.69, 9.17) is 21.4 Å². The molecule has 0 saturated carbocycles. The Kier molecular flexibility index (Phi) is 6.87. The maximum absolute atomic E-state index is 11.8. The summed E-state index contributed by atoms with van der Waals surface area (Å²) in [6.45, 7) is 0.467. The molecule has 110 valence electrons. The molecule has 0 heterocycles. The monoisotopic (exact) mass is 299 g/mol. The van der Waals surface area contributed by atoms with E-state index in [2.05, 4.69) is 5.32 Å². The van der Waals surface area contributed by atoms with Crippen molar-refractivity contribution in [3.63, 3.8) is 0 Å². The van der Waals surface area contributed by atoms with Crippen molar-refractivity contribution in [2.45, 2.75) is 25.7 Å². The molecule has 2 N–H and O–H groups in total. The smallest absolute Gasteiger partial charge is 0.303 e. The predicted molar refractivity (Wildman–Crippen MR) is 76.2 cm³/mol. The van der Waals surface area contributed by atoms with Crippen LogP contribution in [0.1, 0.15) is 24.8 Å². The number of carbonyl (C=O) groups excluding carboxylic acids is 1. The predicted octanol–water partition coefficient (Wildman–Crippen LogP) is 2.26. The summed E-state index contributed by atoms with van der Waals surface area (Å²) in [6.07, 6.45) is 1.50.